The van der Waals surface area contributed by atoms with Crippen LogP contribution in [-0.2, 0) is 13.1 Å². The molecule has 24 heavy (non-hydrogen) atoms. The van der Waals surface area contributed by atoms with Crippen LogP contribution in [0.5, 0.6) is 0 Å². The van der Waals surface area contributed by atoms with Gasteiger partial charge in [0.2, 0.25) is 0 Å². The van der Waals surface area contributed by atoms with Crippen molar-refractivity contribution in [1.82, 2.24) is 19.7 Å². The van der Waals surface area contributed by atoms with E-state index in [1.165, 1.54) is 18.4 Å². The number of pyridine rings is 1. The second-order valence-corrected chi connectivity index (χ2v) is 7.04. The van der Waals surface area contributed by atoms with Gasteiger partial charge in [0, 0.05) is 18.9 Å². The highest BCUT2D eigenvalue weighted by Gasteiger charge is 2.21. The molecule has 1 aliphatic rings. The van der Waals surface area contributed by atoms with Crippen molar-refractivity contribution in [2.75, 3.05) is 13.1 Å². The second-order valence-electron chi connectivity index (χ2n) is 6.69. The topological polar surface area (TPSA) is 47.1 Å². The number of hydrogen-bond acceptors (Lipinski definition) is 4. The van der Waals surface area contributed by atoms with Crippen molar-refractivity contribution in [3.8, 4) is 0 Å². The Kier molecular flexibility index (Phi) is 4.29. The lowest BCUT2D eigenvalue weighted by molar-refractivity contribution is 0.156. The van der Waals surface area contributed by atoms with E-state index in [9.17, 15) is 0 Å². The summed E-state index contributed by atoms with van der Waals surface area (Å²) < 4.78 is 7.97. The van der Waals surface area contributed by atoms with Crippen molar-refractivity contribution < 1.29 is 4.42 Å². The molecule has 0 aromatic carbocycles. The van der Waals surface area contributed by atoms with Gasteiger partial charge in [0.05, 0.1) is 18.1 Å². The Labute approximate surface area is 146 Å². The lowest BCUT2D eigenvalue weighted by Gasteiger charge is -2.31. The van der Waals surface area contributed by atoms with Crippen LogP contribution in [0.4, 0.5) is 0 Å². The lowest BCUT2D eigenvalue weighted by atomic mass is 9.97. The summed E-state index contributed by atoms with van der Waals surface area (Å²) >= 11 is 6.12. The third-order valence-electron chi connectivity index (χ3n) is 4.74. The molecule has 0 amide bonds. The van der Waals surface area contributed by atoms with Gasteiger partial charge in [-0.15, -0.1) is 0 Å². The molecule has 3 aromatic heterocycles. The van der Waals surface area contributed by atoms with Gasteiger partial charge in [-0.25, -0.2) is 4.98 Å². The molecule has 0 atom stereocenters. The van der Waals surface area contributed by atoms with E-state index in [1.54, 1.807) is 6.20 Å². The Morgan fingerprint density at radius 1 is 1.33 bits per heavy atom. The molecular weight excluding hydrogens is 324 g/mol. The number of rotatable bonds is 4. The molecule has 0 aliphatic carbocycles. The number of piperidine rings is 1. The third kappa shape index (κ3) is 3.32. The largest absolute Gasteiger partial charge is 0.460 e. The maximum Gasteiger partial charge on any atom is 0.140 e. The van der Waals surface area contributed by atoms with Crippen LogP contribution in [0, 0.1) is 12.8 Å². The third-order valence-corrected chi connectivity index (χ3v) is 5.04. The highest BCUT2D eigenvalue weighted by Crippen LogP contribution is 2.27. The van der Waals surface area contributed by atoms with Crippen molar-refractivity contribution in [2.24, 2.45) is 5.92 Å². The van der Waals surface area contributed by atoms with Gasteiger partial charge in [-0.3, -0.25) is 9.58 Å². The first-order valence-electron chi connectivity index (χ1n) is 8.42. The molecule has 1 aliphatic heterocycles. The van der Waals surface area contributed by atoms with Gasteiger partial charge in [0.1, 0.15) is 16.5 Å². The zero-order chi connectivity index (χ0) is 16.5. The normalized spacial score (nSPS) is 16.9. The Morgan fingerprint density at radius 3 is 2.88 bits per heavy atom. The van der Waals surface area contributed by atoms with Crippen molar-refractivity contribution in [2.45, 2.75) is 32.9 Å². The highest BCUT2D eigenvalue weighted by atomic mass is 35.5. The predicted molar refractivity (Wildman–Crippen MR) is 94.0 cm³/mol. The molecule has 0 unspecified atom stereocenters. The van der Waals surface area contributed by atoms with Crippen LogP contribution in [0.15, 0.2) is 35.1 Å². The summed E-state index contributed by atoms with van der Waals surface area (Å²) in [5.41, 5.74) is 2.04. The predicted octanol–water partition coefficient (Wildman–Crippen LogP) is 3.90. The van der Waals surface area contributed by atoms with Gasteiger partial charge in [-0.1, -0.05) is 11.6 Å². The zero-order valence-corrected chi connectivity index (χ0v) is 14.5. The average molecular weight is 345 g/mol. The maximum atomic E-state index is 6.12. The van der Waals surface area contributed by atoms with Crippen LogP contribution in [0.1, 0.15) is 24.2 Å². The van der Waals surface area contributed by atoms with E-state index in [4.69, 9.17) is 16.0 Å². The van der Waals surface area contributed by atoms with Crippen molar-refractivity contribution in [3.05, 3.63) is 47.2 Å². The molecule has 1 saturated heterocycles. The number of aromatic nitrogens is 3. The molecule has 3 aromatic rings. The summed E-state index contributed by atoms with van der Waals surface area (Å²) in [6.07, 6.45) is 8.12. The van der Waals surface area contributed by atoms with E-state index < -0.39 is 0 Å². The first-order valence-corrected chi connectivity index (χ1v) is 8.79. The lowest BCUT2D eigenvalue weighted by Crippen LogP contribution is -2.34. The molecule has 0 N–H and O–H groups in total. The van der Waals surface area contributed by atoms with Crippen LogP contribution in [0.25, 0.3) is 11.0 Å². The Balaban J connectivity index is 1.34. The van der Waals surface area contributed by atoms with Crippen LogP contribution in [-0.4, -0.2) is 32.8 Å². The fourth-order valence-electron chi connectivity index (χ4n) is 3.44. The fraction of sp³-hybridized carbons (Fsp3) is 0.444. The molecule has 126 valence electrons. The van der Waals surface area contributed by atoms with Crippen LogP contribution >= 0.6 is 11.6 Å². The van der Waals surface area contributed by atoms with Crippen LogP contribution < -0.4 is 0 Å². The van der Waals surface area contributed by atoms with Gasteiger partial charge in [-0.05, 0) is 56.5 Å². The number of nitrogens with zero attached hydrogens (tertiary/aromatic N) is 4. The minimum Gasteiger partial charge on any atom is -0.460 e. The Hall–Kier alpha value is -1.85. The van der Waals surface area contributed by atoms with Crippen molar-refractivity contribution >= 4 is 22.6 Å². The summed E-state index contributed by atoms with van der Waals surface area (Å²) in [5, 5.41) is 5.81. The fourth-order valence-corrected chi connectivity index (χ4v) is 3.64. The first kappa shape index (κ1) is 15.7. The summed E-state index contributed by atoms with van der Waals surface area (Å²) in [6.45, 7) is 6.12. The van der Waals surface area contributed by atoms with Crippen molar-refractivity contribution in [3.63, 3.8) is 0 Å². The minimum atomic E-state index is 0.510. The molecule has 0 bridgehead atoms. The van der Waals surface area contributed by atoms with E-state index >= 15 is 0 Å². The van der Waals surface area contributed by atoms with E-state index in [0.717, 1.165) is 42.9 Å². The molecule has 0 radical (unpaired) electrons. The quantitative estimate of drug-likeness (QED) is 0.673. The van der Waals surface area contributed by atoms with Gasteiger partial charge in [-0.2, -0.15) is 5.10 Å². The Bertz CT molecular complexity index is 833. The Morgan fingerprint density at radius 2 is 2.17 bits per heavy atom. The average Bonchev–Trinajstić information content (AvgIpc) is 3.16. The van der Waals surface area contributed by atoms with E-state index in [0.29, 0.717) is 11.1 Å². The highest BCUT2D eigenvalue weighted by molar-refractivity contribution is 6.34. The molecule has 4 rings (SSSR count). The monoisotopic (exact) mass is 344 g/mol. The summed E-state index contributed by atoms with van der Waals surface area (Å²) in [6, 6.07) is 3.88. The van der Waals surface area contributed by atoms with Gasteiger partial charge < -0.3 is 4.42 Å². The van der Waals surface area contributed by atoms with E-state index in [-0.39, 0.29) is 0 Å². The summed E-state index contributed by atoms with van der Waals surface area (Å²) in [5.74, 6) is 1.66. The molecule has 5 nitrogen and oxygen atoms in total. The molecule has 0 saturated carbocycles. The number of furan rings is 1. The molecule has 6 heteroatoms. The molecular formula is C18H21ClN4O. The summed E-state index contributed by atoms with van der Waals surface area (Å²) in [7, 11) is 0. The zero-order valence-electron chi connectivity index (χ0n) is 13.8. The molecule has 1 fully saturated rings. The second kappa shape index (κ2) is 6.57. The number of halogens is 1. The van der Waals surface area contributed by atoms with Crippen LogP contribution in [0.3, 0.4) is 0 Å². The van der Waals surface area contributed by atoms with Crippen molar-refractivity contribution in [1.29, 1.82) is 0 Å². The van der Waals surface area contributed by atoms with Crippen LogP contribution in [0.2, 0.25) is 5.15 Å². The molecule has 4 heterocycles. The minimum absolute atomic E-state index is 0.510. The number of fused-ring (bicyclic) bond motifs is 1. The standard InChI is InChI=1S/C18H21ClN4O/c1-13-9-21-23(10-13)11-14-3-6-22(7-4-14)12-15-8-16-17(24-15)2-5-20-18(16)19/h2,5,8-10,14H,3-4,6-7,11-12H2,1H3. The van der Waals surface area contributed by atoms with E-state index in [1.807, 2.05) is 18.3 Å². The number of hydrogen-bond donors (Lipinski definition) is 0. The number of aryl methyl sites for hydroxylation is 1. The SMILES string of the molecule is Cc1cnn(CC2CCN(Cc3cc4c(Cl)nccc4o3)CC2)c1. The molecule has 0 spiro atoms. The number of likely N-dealkylation sites (tertiary alicyclic amines) is 1. The maximum absolute atomic E-state index is 6.12. The smallest absolute Gasteiger partial charge is 0.140 e. The van der Waals surface area contributed by atoms with Gasteiger partial charge >= 0.3 is 0 Å². The van der Waals surface area contributed by atoms with E-state index in [2.05, 4.69) is 32.8 Å². The van der Waals surface area contributed by atoms with Gasteiger partial charge in [0.15, 0.2) is 0 Å². The first-order chi connectivity index (χ1) is 11.7. The summed E-state index contributed by atoms with van der Waals surface area (Å²) in [4.78, 5) is 6.55. The van der Waals surface area contributed by atoms with Gasteiger partial charge in [0.25, 0.3) is 0 Å².